The van der Waals surface area contributed by atoms with Gasteiger partial charge in [-0.15, -0.1) is 11.3 Å². The molecular formula is C16H13ClN4O2S. The predicted octanol–water partition coefficient (Wildman–Crippen LogP) is 2.93. The lowest BCUT2D eigenvalue weighted by atomic mass is 10.2. The molecule has 2 N–H and O–H groups in total. The van der Waals surface area contributed by atoms with Gasteiger partial charge in [-0.1, -0.05) is 11.6 Å². The Morgan fingerprint density at radius 1 is 1.29 bits per heavy atom. The number of carbonyl (C=O) groups is 1. The molecule has 0 saturated heterocycles. The van der Waals surface area contributed by atoms with Crippen LogP contribution in [0.5, 0.6) is 5.75 Å². The van der Waals surface area contributed by atoms with E-state index in [1.807, 2.05) is 5.38 Å². The zero-order valence-electron chi connectivity index (χ0n) is 12.4. The third-order valence-electron chi connectivity index (χ3n) is 3.19. The molecule has 122 valence electrons. The minimum absolute atomic E-state index is 0.0497. The van der Waals surface area contributed by atoms with E-state index < -0.39 is 0 Å². The molecule has 0 fully saturated rings. The fourth-order valence-electron chi connectivity index (χ4n) is 1.99. The van der Waals surface area contributed by atoms with Crippen molar-refractivity contribution in [2.45, 2.75) is 6.42 Å². The van der Waals surface area contributed by atoms with Gasteiger partial charge in [-0.25, -0.2) is 15.0 Å². The molecule has 0 radical (unpaired) electrons. The summed E-state index contributed by atoms with van der Waals surface area (Å²) in [7, 11) is 0. The molecular weight excluding hydrogens is 348 g/mol. The van der Waals surface area contributed by atoms with Gasteiger partial charge < -0.3 is 10.4 Å². The molecule has 24 heavy (non-hydrogen) atoms. The lowest BCUT2D eigenvalue weighted by Gasteiger charge is -2.05. The van der Waals surface area contributed by atoms with Crippen molar-refractivity contribution in [3.8, 4) is 16.6 Å². The molecule has 6 nitrogen and oxygen atoms in total. The number of nitrogens with zero attached hydrogens (tertiary/aromatic N) is 3. The molecule has 2 aromatic heterocycles. The van der Waals surface area contributed by atoms with Crippen molar-refractivity contribution in [1.82, 2.24) is 20.3 Å². The van der Waals surface area contributed by atoms with Crippen molar-refractivity contribution < 1.29 is 9.90 Å². The first-order valence-corrected chi connectivity index (χ1v) is 8.38. The fraction of sp³-hybridized carbons (Fsp3) is 0.125. The molecule has 2 heterocycles. The topological polar surface area (TPSA) is 88.0 Å². The maximum Gasteiger partial charge on any atom is 0.251 e. The number of nitrogens with one attached hydrogen (secondary N) is 1. The van der Waals surface area contributed by atoms with E-state index in [9.17, 15) is 9.90 Å². The zero-order valence-corrected chi connectivity index (χ0v) is 14.0. The van der Waals surface area contributed by atoms with Crippen molar-refractivity contribution in [3.05, 3.63) is 58.3 Å². The first kappa shape index (κ1) is 16.4. The van der Waals surface area contributed by atoms with Crippen LogP contribution < -0.4 is 5.32 Å². The van der Waals surface area contributed by atoms with Crippen LogP contribution in [0.25, 0.3) is 10.8 Å². The number of carbonyl (C=O) groups excluding carboxylic acids is 1. The van der Waals surface area contributed by atoms with Gasteiger partial charge in [-0.05, 0) is 24.3 Å². The molecule has 0 bridgehead atoms. The van der Waals surface area contributed by atoms with Crippen LogP contribution in [0, 0.1) is 0 Å². The Labute approximate surface area is 147 Å². The number of phenols is 1. The second kappa shape index (κ2) is 7.37. The molecule has 0 unspecified atom stereocenters. The summed E-state index contributed by atoms with van der Waals surface area (Å²) in [5.41, 5.74) is 1.26. The quantitative estimate of drug-likeness (QED) is 0.730. The molecule has 0 aliphatic rings. The standard InChI is InChI=1S/C16H13ClN4O2S/c17-12-8-10(2-3-13(12)22)15(23)20-7-4-11-9-24-16(21-11)14-18-5-1-6-19-14/h1-3,5-6,8-9,22H,4,7H2,(H,20,23). The van der Waals surface area contributed by atoms with Gasteiger partial charge in [0.1, 0.15) is 5.75 Å². The van der Waals surface area contributed by atoms with Gasteiger partial charge in [0.15, 0.2) is 10.8 Å². The summed E-state index contributed by atoms with van der Waals surface area (Å²) in [6.07, 6.45) is 3.94. The minimum Gasteiger partial charge on any atom is -0.506 e. The zero-order chi connectivity index (χ0) is 16.9. The Balaban J connectivity index is 1.56. The van der Waals surface area contributed by atoms with Gasteiger partial charge in [0, 0.05) is 36.3 Å². The van der Waals surface area contributed by atoms with Crippen LogP contribution in [-0.2, 0) is 6.42 Å². The smallest absolute Gasteiger partial charge is 0.251 e. The summed E-state index contributed by atoms with van der Waals surface area (Å²) in [5, 5.41) is 15.0. The number of halogens is 1. The number of amides is 1. The van der Waals surface area contributed by atoms with Gasteiger partial charge in [-0.3, -0.25) is 4.79 Å². The van der Waals surface area contributed by atoms with E-state index >= 15 is 0 Å². The number of hydrogen-bond acceptors (Lipinski definition) is 6. The van der Waals surface area contributed by atoms with E-state index in [4.69, 9.17) is 11.6 Å². The van der Waals surface area contributed by atoms with Crippen molar-refractivity contribution in [2.75, 3.05) is 6.54 Å². The van der Waals surface area contributed by atoms with E-state index in [-0.39, 0.29) is 16.7 Å². The highest BCUT2D eigenvalue weighted by Gasteiger charge is 2.10. The maximum atomic E-state index is 12.0. The van der Waals surface area contributed by atoms with E-state index in [0.717, 1.165) is 10.7 Å². The largest absolute Gasteiger partial charge is 0.506 e. The third kappa shape index (κ3) is 3.87. The summed E-state index contributed by atoms with van der Waals surface area (Å²) < 4.78 is 0. The van der Waals surface area contributed by atoms with Crippen molar-refractivity contribution in [1.29, 1.82) is 0 Å². The normalized spacial score (nSPS) is 10.5. The van der Waals surface area contributed by atoms with Crippen molar-refractivity contribution in [2.24, 2.45) is 0 Å². The SMILES string of the molecule is O=C(NCCc1csc(-c2ncccn2)n1)c1ccc(O)c(Cl)c1. The van der Waals surface area contributed by atoms with Crippen LogP contribution in [0.2, 0.25) is 5.02 Å². The average Bonchev–Trinajstić information content (AvgIpc) is 3.07. The molecule has 0 aliphatic heterocycles. The van der Waals surface area contributed by atoms with Gasteiger partial charge in [0.2, 0.25) is 0 Å². The summed E-state index contributed by atoms with van der Waals surface area (Å²) >= 11 is 7.27. The predicted molar refractivity (Wildman–Crippen MR) is 92.3 cm³/mol. The van der Waals surface area contributed by atoms with Crippen LogP contribution in [0.15, 0.2) is 42.0 Å². The lowest BCUT2D eigenvalue weighted by molar-refractivity contribution is 0.0954. The lowest BCUT2D eigenvalue weighted by Crippen LogP contribution is -2.25. The van der Waals surface area contributed by atoms with Crippen molar-refractivity contribution >= 4 is 28.8 Å². The summed E-state index contributed by atoms with van der Waals surface area (Å²) in [5.74, 6) is 0.293. The van der Waals surface area contributed by atoms with Crippen LogP contribution in [0.3, 0.4) is 0 Å². The Morgan fingerprint density at radius 2 is 2.08 bits per heavy atom. The van der Waals surface area contributed by atoms with E-state index in [0.29, 0.717) is 24.4 Å². The van der Waals surface area contributed by atoms with E-state index in [2.05, 4.69) is 20.3 Å². The van der Waals surface area contributed by atoms with E-state index in [1.54, 1.807) is 18.5 Å². The number of benzene rings is 1. The van der Waals surface area contributed by atoms with Gasteiger partial charge in [-0.2, -0.15) is 0 Å². The Bertz CT molecular complexity index is 854. The Kier molecular flexibility index (Phi) is 5.02. The summed E-state index contributed by atoms with van der Waals surface area (Å²) in [6, 6.07) is 6.09. The fourth-order valence-corrected chi connectivity index (χ4v) is 2.97. The Morgan fingerprint density at radius 3 is 2.83 bits per heavy atom. The first-order valence-electron chi connectivity index (χ1n) is 7.12. The monoisotopic (exact) mass is 360 g/mol. The Hall–Kier alpha value is -2.51. The van der Waals surface area contributed by atoms with Crippen LogP contribution in [0.1, 0.15) is 16.1 Å². The second-order valence-electron chi connectivity index (χ2n) is 4.89. The van der Waals surface area contributed by atoms with Gasteiger partial charge >= 0.3 is 0 Å². The van der Waals surface area contributed by atoms with Crippen LogP contribution >= 0.6 is 22.9 Å². The average molecular weight is 361 g/mol. The first-order chi connectivity index (χ1) is 11.6. The molecule has 0 spiro atoms. The number of hydrogen-bond donors (Lipinski definition) is 2. The molecule has 1 amide bonds. The molecule has 0 saturated carbocycles. The number of aromatic nitrogens is 3. The van der Waals surface area contributed by atoms with Crippen LogP contribution in [-0.4, -0.2) is 32.5 Å². The third-order valence-corrected chi connectivity index (χ3v) is 4.38. The second-order valence-corrected chi connectivity index (χ2v) is 6.15. The molecule has 3 aromatic rings. The molecule has 0 aliphatic carbocycles. The number of rotatable bonds is 5. The summed E-state index contributed by atoms with van der Waals surface area (Å²) in [6.45, 7) is 0.441. The number of aromatic hydroxyl groups is 1. The number of phenolic OH excluding ortho intramolecular Hbond substituents is 1. The highest BCUT2D eigenvalue weighted by molar-refractivity contribution is 7.13. The molecule has 1 aromatic carbocycles. The molecule has 8 heteroatoms. The van der Waals surface area contributed by atoms with Crippen molar-refractivity contribution in [3.63, 3.8) is 0 Å². The molecule has 3 rings (SSSR count). The van der Waals surface area contributed by atoms with Gasteiger partial charge in [0.25, 0.3) is 5.91 Å². The van der Waals surface area contributed by atoms with E-state index in [1.165, 1.54) is 29.5 Å². The maximum absolute atomic E-state index is 12.0. The summed E-state index contributed by atoms with van der Waals surface area (Å²) in [4.78, 5) is 24.8. The molecule has 0 atom stereocenters. The van der Waals surface area contributed by atoms with Gasteiger partial charge in [0.05, 0.1) is 10.7 Å². The highest BCUT2D eigenvalue weighted by atomic mass is 35.5. The minimum atomic E-state index is -0.251. The number of thiazole rings is 1. The highest BCUT2D eigenvalue weighted by Crippen LogP contribution is 2.23. The van der Waals surface area contributed by atoms with Crippen LogP contribution in [0.4, 0.5) is 0 Å².